The van der Waals surface area contributed by atoms with Gasteiger partial charge in [0.15, 0.2) is 0 Å². The van der Waals surface area contributed by atoms with Crippen LogP contribution in [0.3, 0.4) is 0 Å². The summed E-state index contributed by atoms with van der Waals surface area (Å²) in [5, 5.41) is 26.5. The summed E-state index contributed by atoms with van der Waals surface area (Å²) < 4.78 is 9.36. The molecule has 2 aromatic carbocycles. The number of carbonyl (C=O) groups excluding carboxylic acids is 2. The van der Waals surface area contributed by atoms with E-state index in [0.29, 0.717) is 12.8 Å². The van der Waals surface area contributed by atoms with Gasteiger partial charge in [-0.15, -0.1) is 0 Å². The second kappa shape index (κ2) is 14.8. The van der Waals surface area contributed by atoms with Crippen LogP contribution in [0.25, 0.3) is 0 Å². The number of phenols is 2. The van der Waals surface area contributed by atoms with Gasteiger partial charge < -0.3 is 41.8 Å². The highest BCUT2D eigenvalue weighted by atomic mass is 16.5. The SMILES string of the molecule is COC(=O)c1c(O)ccc(CCNCCCCCCNCCc2ccc(O)c(C(=O)OC)c2N)c1N. The lowest BCUT2D eigenvalue weighted by molar-refractivity contribution is 0.0589. The van der Waals surface area contributed by atoms with Crippen molar-refractivity contribution < 1.29 is 29.3 Å². The Morgan fingerprint density at radius 2 is 1.08 bits per heavy atom. The van der Waals surface area contributed by atoms with E-state index in [-0.39, 0.29) is 34.0 Å². The fraction of sp³-hybridized carbons (Fsp3) is 0.462. The molecular weight excluding hydrogens is 464 g/mol. The summed E-state index contributed by atoms with van der Waals surface area (Å²) >= 11 is 0. The molecule has 0 fully saturated rings. The zero-order valence-electron chi connectivity index (χ0n) is 21.1. The molecule has 0 saturated carbocycles. The van der Waals surface area contributed by atoms with Crippen molar-refractivity contribution in [1.82, 2.24) is 10.6 Å². The van der Waals surface area contributed by atoms with E-state index in [0.717, 1.165) is 63.0 Å². The zero-order valence-corrected chi connectivity index (χ0v) is 21.1. The number of phenolic OH excluding ortho intramolecular Hbond substituents is 2. The van der Waals surface area contributed by atoms with Crippen LogP contribution in [0.15, 0.2) is 24.3 Å². The Hall–Kier alpha value is -3.50. The first-order valence-corrected chi connectivity index (χ1v) is 12.1. The van der Waals surface area contributed by atoms with Crippen molar-refractivity contribution in [2.75, 3.05) is 51.9 Å². The normalized spacial score (nSPS) is 10.8. The van der Waals surface area contributed by atoms with Crippen LogP contribution in [0, 0.1) is 0 Å². The number of nitrogens with two attached hydrogens (primary N) is 2. The number of unbranched alkanes of at least 4 members (excludes halogenated alkanes) is 3. The molecule has 0 bridgehead atoms. The van der Waals surface area contributed by atoms with E-state index in [9.17, 15) is 19.8 Å². The topological polar surface area (TPSA) is 169 Å². The maximum absolute atomic E-state index is 11.8. The van der Waals surface area contributed by atoms with Crippen LogP contribution in [-0.4, -0.2) is 62.6 Å². The van der Waals surface area contributed by atoms with Gasteiger partial charge in [-0.3, -0.25) is 0 Å². The molecule has 10 heteroatoms. The second-order valence-electron chi connectivity index (χ2n) is 8.46. The molecule has 0 saturated heterocycles. The number of rotatable bonds is 15. The van der Waals surface area contributed by atoms with Crippen LogP contribution >= 0.6 is 0 Å². The first-order chi connectivity index (χ1) is 17.3. The monoisotopic (exact) mass is 502 g/mol. The Morgan fingerprint density at radius 1 is 0.694 bits per heavy atom. The molecule has 0 aliphatic heterocycles. The molecular formula is C26H38N4O6. The van der Waals surface area contributed by atoms with Gasteiger partial charge in [-0.2, -0.15) is 0 Å². The summed E-state index contributed by atoms with van der Waals surface area (Å²) in [4.78, 5) is 23.6. The van der Waals surface area contributed by atoms with Crippen molar-refractivity contribution in [3.05, 3.63) is 46.5 Å². The summed E-state index contributed by atoms with van der Waals surface area (Å²) in [6, 6.07) is 6.37. The number of hydrogen-bond acceptors (Lipinski definition) is 10. The number of carbonyl (C=O) groups is 2. The van der Waals surface area contributed by atoms with E-state index in [2.05, 4.69) is 20.1 Å². The predicted molar refractivity (Wildman–Crippen MR) is 139 cm³/mol. The predicted octanol–water partition coefficient (Wildman–Crippen LogP) is 2.36. The first kappa shape index (κ1) is 28.7. The summed E-state index contributed by atoms with van der Waals surface area (Å²) in [5.74, 6) is -1.65. The van der Waals surface area contributed by atoms with Crippen LogP contribution in [0.4, 0.5) is 11.4 Å². The van der Waals surface area contributed by atoms with E-state index in [1.165, 1.54) is 26.4 Å². The molecule has 0 unspecified atom stereocenters. The standard InChI is InChI=1S/C26H38N4O6/c1-35-25(33)21-19(31)9-7-17(23(21)27)11-15-29-13-5-3-4-6-14-30-16-12-18-8-10-20(32)22(24(18)28)26(34)36-2/h7-10,29-32H,3-6,11-16,27-28H2,1-2H3. The van der Waals surface area contributed by atoms with Crippen molar-refractivity contribution in [3.63, 3.8) is 0 Å². The second-order valence-corrected chi connectivity index (χ2v) is 8.46. The van der Waals surface area contributed by atoms with E-state index in [1.54, 1.807) is 12.1 Å². The summed E-state index contributed by atoms with van der Waals surface area (Å²) in [6.45, 7) is 3.21. The number of ether oxygens (including phenoxy) is 2. The minimum Gasteiger partial charge on any atom is -0.507 e. The molecule has 198 valence electrons. The molecule has 0 aromatic heterocycles. The number of nitrogens with one attached hydrogen (secondary N) is 2. The molecule has 0 heterocycles. The smallest absolute Gasteiger partial charge is 0.343 e. The zero-order chi connectivity index (χ0) is 26.5. The lowest BCUT2D eigenvalue weighted by Crippen LogP contribution is -2.20. The molecule has 10 nitrogen and oxygen atoms in total. The number of methoxy groups -OCH3 is 2. The van der Waals surface area contributed by atoms with E-state index >= 15 is 0 Å². The maximum Gasteiger partial charge on any atom is 0.343 e. The van der Waals surface area contributed by atoms with Crippen LogP contribution < -0.4 is 22.1 Å². The quantitative estimate of drug-likeness (QED) is 0.121. The minimum atomic E-state index is -0.647. The number of esters is 2. The number of benzene rings is 2. The minimum absolute atomic E-state index is 0.0149. The molecule has 0 aliphatic carbocycles. The van der Waals surface area contributed by atoms with Crippen molar-refractivity contribution in [1.29, 1.82) is 0 Å². The Bertz CT molecular complexity index is 946. The maximum atomic E-state index is 11.8. The molecule has 0 aliphatic rings. The van der Waals surface area contributed by atoms with Gasteiger partial charge in [-0.1, -0.05) is 25.0 Å². The number of hydrogen-bond donors (Lipinski definition) is 6. The van der Waals surface area contributed by atoms with Gasteiger partial charge in [0.1, 0.15) is 22.6 Å². The van der Waals surface area contributed by atoms with Crippen molar-refractivity contribution >= 4 is 23.3 Å². The summed E-state index contributed by atoms with van der Waals surface area (Å²) in [6.07, 6.45) is 5.61. The highest BCUT2D eigenvalue weighted by Gasteiger charge is 2.19. The van der Waals surface area contributed by atoms with Crippen LogP contribution in [0.5, 0.6) is 11.5 Å². The Labute approximate surface area is 212 Å². The lowest BCUT2D eigenvalue weighted by atomic mass is 10.0. The van der Waals surface area contributed by atoms with Gasteiger partial charge in [-0.05, 0) is 75.1 Å². The van der Waals surface area contributed by atoms with Crippen molar-refractivity contribution in [2.45, 2.75) is 38.5 Å². The van der Waals surface area contributed by atoms with Gasteiger partial charge in [-0.25, -0.2) is 9.59 Å². The molecule has 0 spiro atoms. The van der Waals surface area contributed by atoms with Crippen LogP contribution in [-0.2, 0) is 22.3 Å². The summed E-state index contributed by atoms with van der Waals surface area (Å²) in [7, 11) is 2.51. The lowest BCUT2D eigenvalue weighted by Gasteiger charge is -2.12. The highest BCUT2D eigenvalue weighted by molar-refractivity contribution is 5.99. The molecule has 8 N–H and O–H groups in total. The average Bonchev–Trinajstić information content (AvgIpc) is 2.86. The van der Waals surface area contributed by atoms with Crippen LogP contribution in [0.1, 0.15) is 57.5 Å². The van der Waals surface area contributed by atoms with Gasteiger partial charge in [0.25, 0.3) is 0 Å². The third-order valence-corrected chi connectivity index (χ3v) is 6.01. The van der Waals surface area contributed by atoms with Gasteiger partial charge in [0.05, 0.1) is 25.6 Å². The molecule has 0 radical (unpaired) electrons. The third kappa shape index (κ3) is 8.03. The average molecular weight is 503 g/mol. The molecule has 2 aromatic rings. The largest absolute Gasteiger partial charge is 0.507 e. The van der Waals surface area contributed by atoms with Gasteiger partial charge in [0.2, 0.25) is 0 Å². The fourth-order valence-corrected chi connectivity index (χ4v) is 3.92. The summed E-state index contributed by atoms with van der Waals surface area (Å²) in [5.41, 5.74) is 14.2. The molecule has 36 heavy (non-hydrogen) atoms. The van der Waals surface area contributed by atoms with Crippen LogP contribution in [0.2, 0.25) is 0 Å². The molecule has 0 amide bonds. The Morgan fingerprint density at radius 3 is 1.44 bits per heavy atom. The Balaban J connectivity index is 1.56. The van der Waals surface area contributed by atoms with Crippen molar-refractivity contribution in [2.24, 2.45) is 0 Å². The third-order valence-electron chi connectivity index (χ3n) is 6.01. The first-order valence-electron chi connectivity index (χ1n) is 12.1. The van der Waals surface area contributed by atoms with E-state index in [4.69, 9.17) is 11.5 Å². The van der Waals surface area contributed by atoms with Gasteiger partial charge >= 0.3 is 11.9 Å². The van der Waals surface area contributed by atoms with Gasteiger partial charge in [0, 0.05) is 0 Å². The fourth-order valence-electron chi connectivity index (χ4n) is 3.92. The highest BCUT2D eigenvalue weighted by Crippen LogP contribution is 2.29. The van der Waals surface area contributed by atoms with E-state index in [1.807, 2.05) is 0 Å². The number of aromatic hydroxyl groups is 2. The van der Waals surface area contributed by atoms with Crippen molar-refractivity contribution in [3.8, 4) is 11.5 Å². The van der Waals surface area contributed by atoms with E-state index < -0.39 is 11.9 Å². The molecule has 0 atom stereocenters. The number of nitrogen functional groups attached to an aromatic ring is 2. The Kier molecular flexibility index (Phi) is 11.8. The molecule has 2 rings (SSSR count). The number of anilines is 2.